The molecule has 0 saturated heterocycles. The first-order chi connectivity index (χ1) is 21.8. The van der Waals surface area contributed by atoms with E-state index < -0.39 is 11.9 Å². The molecule has 0 aliphatic heterocycles. The number of esters is 2. The number of benzene rings is 4. The molecule has 5 nitrogen and oxygen atoms in total. The summed E-state index contributed by atoms with van der Waals surface area (Å²) in [6.07, 6.45) is 12.3. The van der Waals surface area contributed by atoms with Crippen molar-refractivity contribution >= 4 is 42.0 Å². The minimum absolute atomic E-state index is 0.0229. The molecule has 4 aromatic carbocycles. The molecule has 0 aromatic heterocycles. The van der Waals surface area contributed by atoms with Crippen molar-refractivity contribution in [1.82, 2.24) is 0 Å². The van der Waals surface area contributed by atoms with Crippen LogP contribution in [0, 0.1) is 13.8 Å². The van der Waals surface area contributed by atoms with Gasteiger partial charge in [-0.1, -0.05) is 83.9 Å². The number of hydrogen-bond donors (Lipinski definition) is 0. The maximum Gasteiger partial charge on any atom is 0.336 e. The second-order valence-electron chi connectivity index (χ2n) is 11.0. The van der Waals surface area contributed by atoms with E-state index in [0.29, 0.717) is 24.3 Å². The molecular formula is C40H34O5. The zero-order chi connectivity index (χ0) is 31.6. The van der Waals surface area contributed by atoms with Gasteiger partial charge in [0, 0.05) is 23.3 Å². The maximum absolute atomic E-state index is 13.3. The van der Waals surface area contributed by atoms with Gasteiger partial charge in [-0.15, -0.1) is 0 Å². The third-order valence-corrected chi connectivity index (χ3v) is 7.33. The number of hydrogen-bond acceptors (Lipinski definition) is 5. The molecule has 0 spiro atoms. The Hall–Kier alpha value is -5.55. The first-order valence-electron chi connectivity index (χ1n) is 14.9. The van der Waals surface area contributed by atoms with Crippen molar-refractivity contribution < 1.29 is 23.9 Å². The number of aryl methyl sites for hydroxylation is 2. The molecule has 0 N–H and O–H groups in total. The monoisotopic (exact) mass is 594 g/mol. The number of carbonyl (C=O) groups excluding carboxylic acids is 3. The number of carbonyl (C=O) groups is 3. The van der Waals surface area contributed by atoms with Crippen LogP contribution in [0.15, 0.2) is 120 Å². The lowest BCUT2D eigenvalue weighted by Gasteiger charge is -2.16. The lowest BCUT2D eigenvalue weighted by atomic mass is 9.87. The Morgan fingerprint density at radius 1 is 0.533 bits per heavy atom. The van der Waals surface area contributed by atoms with E-state index in [1.54, 1.807) is 36.4 Å². The van der Waals surface area contributed by atoms with Crippen LogP contribution in [0.2, 0.25) is 0 Å². The van der Waals surface area contributed by atoms with Gasteiger partial charge < -0.3 is 9.47 Å². The highest BCUT2D eigenvalue weighted by atomic mass is 16.5. The van der Waals surface area contributed by atoms with Crippen LogP contribution < -0.4 is 9.47 Å². The first kappa shape index (κ1) is 30.9. The molecule has 0 bridgehead atoms. The maximum atomic E-state index is 13.3. The predicted octanol–water partition coefficient (Wildman–Crippen LogP) is 8.76. The van der Waals surface area contributed by atoms with E-state index >= 15 is 0 Å². The number of ether oxygens (including phenoxy) is 2. The summed E-state index contributed by atoms with van der Waals surface area (Å²) >= 11 is 0. The summed E-state index contributed by atoms with van der Waals surface area (Å²) in [6.45, 7) is 4.02. The molecular weight excluding hydrogens is 560 g/mol. The molecule has 1 saturated carbocycles. The van der Waals surface area contributed by atoms with Gasteiger partial charge in [-0.05, 0) is 104 Å². The third kappa shape index (κ3) is 9.22. The van der Waals surface area contributed by atoms with Gasteiger partial charge >= 0.3 is 11.9 Å². The molecule has 0 radical (unpaired) electrons. The highest BCUT2D eigenvalue weighted by Crippen LogP contribution is 2.29. The van der Waals surface area contributed by atoms with Crippen molar-refractivity contribution in [3.63, 3.8) is 0 Å². The summed E-state index contributed by atoms with van der Waals surface area (Å²) in [7, 11) is 0. The van der Waals surface area contributed by atoms with Crippen LogP contribution in [0.5, 0.6) is 11.5 Å². The fourth-order valence-corrected chi connectivity index (χ4v) is 4.83. The van der Waals surface area contributed by atoms with Crippen LogP contribution in [0.4, 0.5) is 0 Å². The summed E-state index contributed by atoms with van der Waals surface area (Å²) < 4.78 is 10.8. The van der Waals surface area contributed by atoms with Gasteiger partial charge in [-0.2, -0.15) is 0 Å². The fourth-order valence-electron chi connectivity index (χ4n) is 4.83. The molecule has 0 heterocycles. The number of Topliss-reactive ketones (excluding diaryl/α,β-unsaturated/α-hetero) is 1. The molecule has 5 heteroatoms. The standard InChI is InChI=1S/C40H34O5/c1-28-6-10-30(11-7-28)18-24-38(41)44-36-20-14-32(15-21-36)26-34-4-3-5-35(40(34)43)27-33-16-22-37(23-17-33)45-39(42)25-19-31-12-8-29(2)9-13-31/h6-27H,3-5H2,1-2H3/b24-18+,25-19+,34-26-,35-27+. The van der Waals surface area contributed by atoms with Gasteiger partial charge in [0.25, 0.3) is 0 Å². The topological polar surface area (TPSA) is 69.7 Å². The molecule has 1 fully saturated rings. The molecule has 0 amide bonds. The van der Waals surface area contributed by atoms with Crippen molar-refractivity contribution in [3.05, 3.63) is 154 Å². The van der Waals surface area contributed by atoms with E-state index in [1.165, 1.54) is 12.2 Å². The molecule has 224 valence electrons. The summed E-state index contributed by atoms with van der Waals surface area (Å²) in [5.74, 6) is -0.0276. The third-order valence-electron chi connectivity index (χ3n) is 7.33. The number of ketones is 1. The smallest absolute Gasteiger partial charge is 0.336 e. The van der Waals surface area contributed by atoms with Crippen LogP contribution in [-0.4, -0.2) is 17.7 Å². The van der Waals surface area contributed by atoms with Crippen LogP contribution in [-0.2, 0) is 14.4 Å². The molecule has 4 aromatic rings. The van der Waals surface area contributed by atoms with Gasteiger partial charge in [-0.25, -0.2) is 9.59 Å². The summed E-state index contributed by atoms with van der Waals surface area (Å²) in [5, 5.41) is 0. The Labute approximate surface area is 263 Å². The van der Waals surface area contributed by atoms with Crippen LogP contribution in [0.3, 0.4) is 0 Å². The average Bonchev–Trinajstić information content (AvgIpc) is 3.04. The number of rotatable bonds is 8. The summed E-state index contributed by atoms with van der Waals surface area (Å²) in [4.78, 5) is 37.8. The normalized spacial score (nSPS) is 15.2. The van der Waals surface area contributed by atoms with Gasteiger partial charge in [-0.3, -0.25) is 4.79 Å². The van der Waals surface area contributed by atoms with E-state index in [0.717, 1.165) is 50.9 Å². The SMILES string of the molecule is Cc1ccc(/C=C/C(=O)Oc2ccc(/C=C3/CCC/C(=C\c4ccc(OC(=O)/C=C/c5ccc(C)cc5)cc4)C3=O)cc2)cc1. The van der Waals surface area contributed by atoms with E-state index in [-0.39, 0.29) is 5.78 Å². The Bertz CT molecular complexity index is 1650. The average molecular weight is 595 g/mol. The zero-order valence-electron chi connectivity index (χ0n) is 25.4. The minimum atomic E-state index is -0.458. The van der Waals surface area contributed by atoms with Crippen LogP contribution >= 0.6 is 0 Å². The van der Waals surface area contributed by atoms with E-state index in [2.05, 4.69) is 0 Å². The zero-order valence-corrected chi connectivity index (χ0v) is 25.4. The van der Waals surface area contributed by atoms with Crippen LogP contribution in [0.25, 0.3) is 24.3 Å². The van der Waals surface area contributed by atoms with E-state index in [4.69, 9.17) is 9.47 Å². The van der Waals surface area contributed by atoms with Crippen molar-refractivity contribution in [2.45, 2.75) is 33.1 Å². The molecule has 0 atom stereocenters. The summed E-state index contributed by atoms with van der Waals surface area (Å²) in [6, 6.07) is 29.9. The number of allylic oxidation sites excluding steroid dienone is 2. The molecule has 5 rings (SSSR count). The van der Waals surface area contributed by atoms with Crippen molar-refractivity contribution in [2.75, 3.05) is 0 Å². The Morgan fingerprint density at radius 2 is 0.889 bits per heavy atom. The molecule has 1 aliphatic carbocycles. The molecule has 45 heavy (non-hydrogen) atoms. The fraction of sp³-hybridized carbons (Fsp3) is 0.125. The Kier molecular flexibility index (Phi) is 10.1. The van der Waals surface area contributed by atoms with Crippen LogP contribution in [0.1, 0.15) is 52.6 Å². The van der Waals surface area contributed by atoms with Gasteiger partial charge in [0.15, 0.2) is 5.78 Å². The van der Waals surface area contributed by atoms with Crippen molar-refractivity contribution in [1.29, 1.82) is 0 Å². The highest BCUT2D eigenvalue weighted by Gasteiger charge is 2.20. The second-order valence-corrected chi connectivity index (χ2v) is 11.0. The van der Waals surface area contributed by atoms with Gasteiger partial charge in [0.2, 0.25) is 0 Å². The quantitative estimate of drug-likeness (QED) is 0.116. The van der Waals surface area contributed by atoms with Crippen molar-refractivity contribution in [2.24, 2.45) is 0 Å². The Morgan fingerprint density at radius 3 is 1.27 bits per heavy atom. The second kappa shape index (κ2) is 14.8. The highest BCUT2D eigenvalue weighted by molar-refractivity contribution is 6.14. The largest absolute Gasteiger partial charge is 0.423 e. The Balaban J connectivity index is 1.16. The predicted molar refractivity (Wildman–Crippen MR) is 179 cm³/mol. The lowest BCUT2D eigenvalue weighted by molar-refractivity contribution is -0.129. The minimum Gasteiger partial charge on any atom is -0.423 e. The van der Waals surface area contributed by atoms with Gasteiger partial charge in [0.1, 0.15) is 11.5 Å². The van der Waals surface area contributed by atoms with E-state index in [9.17, 15) is 14.4 Å². The lowest BCUT2D eigenvalue weighted by Crippen LogP contribution is -2.12. The van der Waals surface area contributed by atoms with Crippen molar-refractivity contribution in [3.8, 4) is 11.5 Å². The first-order valence-corrected chi connectivity index (χ1v) is 14.9. The summed E-state index contributed by atoms with van der Waals surface area (Å²) in [5.41, 5.74) is 7.35. The van der Waals surface area contributed by atoms with E-state index in [1.807, 2.05) is 98.8 Å². The molecule has 0 unspecified atom stereocenters. The van der Waals surface area contributed by atoms with Gasteiger partial charge in [0.05, 0.1) is 0 Å². The molecule has 1 aliphatic rings.